The van der Waals surface area contributed by atoms with Gasteiger partial charge in [0.2, 0.25) is 0 Å². The Morgan fingerprint density at radius 2 is 1.69 bits per heavy atom. The van der Waals surface area contributed by atoms with Gasteiger partial charge in [-0.1, -0.05) is 39.5 Å². The molecule has 1 unspecified atom stereocenters. The third-order valence-corrected chi connectivity index (χ3v) is 2.24. The van der Waals surface area contributed by atoms with Gasteiger partial charge in [-0.15, -0.1) is 0 Å². The Morgan fingerprint density at radius 1 is 1.23 bits per heavy atom. The number of carboxylic acid groups (broad SMARTS) is 1. The van der Waals surface area contributed by atoms with Gasteiger partial charge >= 0.3 is 5.97 Å². The number of aliphatic hydroxyl groups is 1. The lowest BCUT2D eigenvalue weighted by atomic mass is 9.92. The van der Waals surface area contributed by atoms with Gasteiger partial charge in [-0.2, -0.15) is 0 Å². The van der Waals surface area contributed by atoms with Crippen molar-refractivity contribution in [3.05, 3.63) is 0 Å². The fourth-order valence-electron chi connectivity index (χ4n) is 1.61. The maximum absolute atomic E-state index is 10.4. The molecule has 78 valence electrons. The van der Waals surface area contributed by atoms with Crippen LogP contribution < -0.4 is 0 Å². The van der Waals surface area contributed by atoms with Crippen LogP contribution in [0.2, 0.25) is 0 Å². The molecule has 3 heteroatoms. The number of carboxylic acids is 1. The highest BCUT2D eigenvalue weighted by Gasteiger charge is 2.18. The number of rotatable bonds is 7. The van der Waals surface area contributed by atoms with Crippen LogP contribution in [-0.2, 0) is 4.79 Å². The predicted octanol–water partition coefficient (Wildman–Crippen LogP) is 2.04. The van der Waals surface area contributed by atoms with Gasteiger partial charge in [0.25, 0.3) is 0 Å². The molecular formula is C10H20O3. The Bertz CT molecular complexity index is 139. The summed E-state index contributed by atoms with van der Waals surface area (Å²) in [6.45, 7) is 4.16. The molecule has 0 heterocycles. The minimum Gasteiger partial charge on any atom is -0.479 e. The van der Waals surface area contributed by atoms with E-state index >= 15 is 0 Å². The van der Waals surface area contributed by atoms with Crippen LogP contribution in [0.3, 0.4) is 0 Å². The van der Waals surface area contributed by atoms with E-state index in [0.717, 1.165) is 25.7 Å². The quantitative estimate of drug-likeness (QED) is 0.642. The summed E-state index contributed by atoms with van der Waals surface area (Å²) in [5, 5.41) is 17.7. The summed E-state index contributed by atoms with van der Waals surface area (Å²) in [6, 6.07) is 0. The molecule has 0 amide bonds. The molecule has 0 aliphatic rings. The summed E-state index contributed by atoms with van der Waals surface area (Å²) in [5.74, 6) is -0.738. The summed E-state index contributed by atoms with van der Waals surface area (Å²) in [7, 11) is 0. The summed E-state index contributed by atoms with van der Waals surface area (Å²) in [6.07, 6.45) is 3.35. The van der Waals surface area contributed by atoms with Crippen molar-refractivity contribution in [2.24, 2.45) is 5.92 Å². The summed E-state index contributed by atoms with van der Waals surface area (Å²) >= 11 is 0. The number of carbonyl (C=O) groups is 1. The highest BCUT2D eigenvalue weighted by molar-refractivity contribution is 5.71. The van der Waals surface area contributed by atoms with Crippen LogP contribution in [-0.4, -0.2) is 22.3 Å². The third kappa shape index (κ3) is 5.64. The Morgan fingerprint density at radius 3 is 2.00 bits per heavy atom. The number of aliphatic carboxylic acids is 1. The number of aliphatic hydroxyl groups excluding tert-OH is 1. The largest absolute Gasteiger partial charge is 0.479 e. The molecule has 0 saturated carbocycles. The van der Waals surface area contributed by atoms with Crippen molar-refractivity contribution in [2.45, 2.75) is 52.1 Å². The van der Waals surface area contributed by atoms with E-state index in [1.807, 2.05) is 0 Å². The smallest absolute Gasteiger partial charge is 0.332 e. The third-order valence-electron chi connectivity index (χ3n) is 2.24. The molecule has 13 heavy (non-hydrogen) atoms. The summed E-state index contributed by atoms with van der Waals surface area (Å²) in [4.78, 5) is 10.4. The van der Waals surface area contributed by atoms with E-state index in [-0.39, 0.29) is 0 Å². The minimum absolute atomic E-state index is 0.362. The van der Waals surface area contributed by atoms with Crippen LogP contribution in [0, 0.1) is 5.92 Å². The average Bonchev–Trinajstić information content (AvgIpc) is 2.05. The maximum atomic E-state index is 10.4. The molecule has 2 N–H and O–H groups in total. The van der Waals surface area contributed by atoms with E-state index < -0.39 is 12.1 Å². The second kappa shape index (κ2) is 6.89. The molecule has 0 aromatic rings. The zero-order chi connectivity index (χ0) is 10.3. The Kier molecular flexibility index (Phi) is 6.59. The molecule has 0 spiro atoms. The van der Waals surface area contributed by atoms with Gasteiger partial charge in [-0.25, -0.2) is 4.79 Å². The van der Waals surface area contributed by atoms with Crippen LogP contribution in [0.1, 0.15) is 46.0 Å². The molecule has 0 radical (unpaired) electrons. The van der Waals surface area contributed by atoms with Crippen molar-refractivity contribution >= 4 is 5.97 Å². The second-order valence-electron chi connectivity index (χ2n) is 3.53. The first-order chi connectivity index (χ1) is 6.11. The molecule has 1 atom stereocenters. The van der Waals surface area contributed by atoms with Crippen molar-refractivity contribution in [1.29, 1.82) is 0 Å². The van der Waals surface area contributed by atoms with Crippen molar-refractivity contribution in [2.75, 3.05) is 0 Å². The standard InChI is InChI=1S/C10H20O3/c1-3-5-8(6-4-2)7-9(11)10(12)13/h8-9,11H,3-7H2,1-2H3,(H,12,13). The predicted molar refractivity (Wildman–Crippen MR) is 51.6 cm³/mol. The van der Waals surface area contributed by atoms with Crippen LogP contribution >= 0.6 is 0 Å². The molecule has 0 aromatic heterocycles. The first kappa shape index (κ1) is 12.4. The topological polar surface area (TPSA) is 57.5 Å². The molecule has 0 aliphatic carbocycles. The van der Waals surface area contributed by atoms with Crippen LogP contribution in [0.5, 0.6) is 0 Å². The molecule has 0 saturated heterocycles. The normalized spacial score (nSPS) is 13.2. The first-order valence-electron chi connectivity index (χ1n) is 5.02. The van der Waals surface area contributed by atoms with Crippen LogP contribution in [0.25, 0.3) is 0 Å². The number of hydrogen-bond donors (Lipinski definition) is 2. The molecule has 3 nitrogen and oxygen atoms in total. The van der Waals surface area contributed by atoms with Crippen LogP contribution in [0.4, 0.5) is 0 Å². The van der Waals surface area contributed by atoms with Crippen molar-refractivity contribution in [1.82, 2.24) is 0 Å². The highest BCUT2D eigenvalue weighted by Crippen LogP contribution is 2.19. The zero-order valence-electron chi connectivity index (χ0n) is 8.49. The van der Waals surface area contributed by atoms with Gasteiger partial charge in [0.1, 0.15) is 0 Å². The zero-order valence-corrected chi connectivity index (χ0v) is 8.49. The first-order valence-corrected chi connectivity index (χ1v) is 5.02. The summed E-state index contributed by atoms with van der Waals surface area (Å²) < 4.78 is 0. The molecule has 0 aromatic carbocycles. The highest BCUT2D eigenvalue weighted by atomic mass is 16.4. The summed E-state index contributed by atoms with van der Waals surface area (Å²) in [5.41, 5.74) is 0. The van der Waals surface area contributed by atoms with Gasteiger partial charge in [0, 0.05) is 0 Å². The van der Waals surface area contributed by atoms with Crippen LogP contribution in [0.15, 0.2) is 0 Å². The lowest BCUT2D eigenvalue weighted by Crippen LogP contribution is -2.23. The monoisotopic (exact) mass is 188 g/mol. The average molecular weight is 188 g/mol. The lowest BCUT2D eigenvalue weighted by Gasteiger charge is -2.16. The van der Waals surface area contributed by atoms with Crippen molar-refractivity contribution in [3.63, 3.8) is 0 Å². The fraction of sp³-hybridized carbons (Fsp3) is 0.900. The maximum Gasteiger partial charge on any atom is 0.332 e. The fourth-order valence-corrected chi connectivity index (χ4v) is 1.61. The lowest BCUT2D eigenvalue weighted by molar-refractivity contribution is -0.147. The molecule has 0 rings (SSSR count). The van der Waals surface area contributed by atoms with Gasteiger partial charge < -0.3 is 10.2 Å². The SMILES string of the molecule is CCCC(CCC)CC(O)C(=O)O. The Hall–Kier alpha value is -0.570. The van der Waals surface area contributed by atoms with Gasteiger partial charge in [-0.3, -0.25) is 0 Å². The van der Waals surface area contributed by atoms with E-state index in [9.17, 15) is 4.79 Å². The molecular weight excluding hydrogens is 168 g/mol. The molecule has 0 aliphatic heterocycles. The number of hydrogen-bond acceptors (Lipinski definition) is 2. The Labute approximate surface area is 79.8 Å². The van der Waals surface area contributed by atoms with E-state index in [1.165, 1.54) is 0 Å². The van der Waals surface area contributed by atoms with E-state index in [2.05, 4.69) is 13.8 Å². The van der Waals surface area contributed by atoms with Gasteiger partial charge in [-0.05, 0) is 12.3 Å². The molecule has 0 bridgehead atoms. The molecule has 0 fully saturated rings. The second-order valence-corrected chi connectivity index (χ2v) is 3.53. The van der Waals surface area contributed by atoms with E-state index in [0.29, 0.717) is 12.3 Å². The van der Waals surface area contributed by atoms with Gasteiger partial charge in [0.15, 0.2) is 6.10 Å². The van der Waals surface area contributed by atoms with Gasteiger partial charge in [0.05, 0.1) is 0 Å². The van der Waals surface area contributed by atoms with Crippen molar-refractivity contribution in [3.8, 4) is 0 Å². The van der Waals surface area contributed by atoms with E-state index in [1.54, 1.807) is 0 Å². The minimum atomic E-state index is -1.18. The van der Waals surface area contributed by atoms with E-state index in [4.69, 9.17) is 10.2 Å². The van der Waals surface area contributed by atoms with Crippen molar-refractivity contribution < 1.29 is 15.0 Å². The Balaban J connectivity index is 3.85.